The summed E-state index contributed by atoms with van der Waals surface area (Å²) in [4.78, 5) is 19.3. The Hall–Kier alpha value is -2.50. The van der Waals surface area contributed by atoms with Gasteiger partial charge < -0.3 is 9.47 Å². The first-order valence-corrected chi connectivity index (χ1v) is 5.99. The van der Waals surface area contributed by atoms with E-state index in [0.29, 0.717) is 12.2 Å². The van der Waals surface area contributed by atoms with Gasteiger partial charge in [0.05, 0.1) is 6.54 Å². The summed E-state index contributed by atoms with van der Waals surface area (Å²) in [5.41, 5.74) is 1.46. The monoisotopic (exact) mass is 254 g/mol. The fraction of sp³-hybridized carbons (Fsp3) is 0.231. The van der Waals surface area contributed by atoms with Gasteiger partial charge in [0.25, 0.3) is 0 Å². The van der Waals surface area contributed by atoms with Crippen molar-refractivity contribution in [1.82, 2.24) is 24.5 Å². The van der Waals surface area contributed by atoms with Crippen LogP contribution in [0.1, 0.15) is 5.82 Å². The molecule has 96 valence electrons. The molecule has 0 aliphatic carbocycles. The first kappa shape index (κ1) is 11.6. The highest BCUT2D eigenvalue weighted by Crippen LogP contribution is 2.15. The molecule has 0 radical (unpaired) electrons. The summed E-state index contributed by atoms with van der Waals surface area (Å²) in [6.07, 6.45) is 7.05. The number of pyridine rings is 1. The molecular formula is C13H14N6. The average Bonchev–Trinajstić information content (AvgIpc) is 2.84. The highest BCUT2D eigenvalue weighted by molar-refractivity contribution is 5.71. The van der Waals surface area contributed by atoms with E-state index in [-0.39, 0.29) is 0 Å². The third-order valence-electron chi connectivity index (χ3n) is 3.01. The van der Waals surface area contributed by atoms with Crippen LogP contribution in [0.25, 0.3) is 11.2 Å². The number of nitrogens with zero attached hydrogens (tertiary/aromatic N) is 6. The maximum absolute atomic E-state index is 4.50. The van der Waals surface area contributed by atoms with Crippen molar-refractivity contribution in [3.63, 3.8) is 0 Å². The predicted octanol–water partition coefficient (Wildman–Crippen LogP) is 1.39. The molecule has 0 bridgehead atoms. The second-order valence-electron chi connectivity index (χ2n) is 4.38. The lowest BCUT2D eigenvalue weighted by molar-refractivity contribution is 0.756. The number of fused-ring (bicyclic) bond motifs is 1. The first-order valence-electron chi connectivity index (χ1n) is 5.99. The molecule has 0 aliphatic rings. The van der Waals surface area contributed by atoms with E-state index >= 15 is 0 Å². The SMILES string of the molecule is CN(Cc1nccn1C)c1ccc2nccnc2n1. The summed E-state index contributed by atoms with van der Waals surface area (Å²) < 4.78 is 2.00. The molecule has 6 nitrogen and oxygen atoms in total. The van der Waals surface area contributed by atoms with Gasteiger partial charge in [0.15, 0.2) is 5.65 Å². The zero-order valence-corrected chi connectivity index (χ0v) is 10.9. The van der Waals surface area contributed by atoms with Crippen molar-refractivity contribution in [3.05, 3.63) is 42.7 Å². The average molecular weight is 254 g/mol. The summed E-state index contributed by atoms with van der Waals surface area (Å²) in [5, 5.41) is 0. The number of aryl methyl sites for hydroxylation is 1. The number of rotatable bonds is 3. The van der Waals surface area contributed by atoms with E-state index in [1.54, 1.807) is 18.6 Å². The first-order chi connectivity index (χ1) is 9.24. The Kier molecular flexibility index (Phi) is 2.83. The van der Waals surface area contributed by atoms with Gasteiger partial charge >= 0.3 is 0 Å². The Bertz CT molecular complexity index is 705. The molecule has 0 saturated heterocycles. The van der Waals surface area contributed by atoms with Crippen LogP contribution in [0.2, 0.25) is 0 Å². The van der Waals surface area contributed by atoms with Crippen LogP contribution in [0, 0.1) is 0 Å². The van der Waals surface area contributed by atoms with Gasteiger partial charge in [0, 0.05) is 38.9 Å². The van der Waals surface area contributed by atoms with Crippen molar-refractivity contribution < 1.29 is 0 Å². The molecule has 3 heterocycles. The fourth-order valence-corrected chi connectivity index (χ4v) is 1.90. The minimum absolute atomic E-state index is 0.659. The van der Waals surface area contributed by atoms with Gasteiger partial charge in [-0.2, -0.15) is 0 Å². The van der Waals surface area contributed by atoms with Crippen molar-refractivity contribution in [1.29, 1.82) is 0 Å². The zero-order chi connectivity index (χ0) is 13.2. The van der Waals surface area contributed by atoms with Crippen LogP contribution in [0.5, 0.6) is 0 Å². The van der Waals surface area contributed by atoms with Crippen LogP contribution in [-0.2, 0) is 13.6 Å². The third-order valence-corrected chi connectivity index (χ3v) is 3.01. The quantitative estimate of drug-likeness (QED) is 0.707. The molecule has 19 heavy (non-hydrogen) atoms. The second kappa shape index (κ2) is 4.64. The molecule has 0 N–H and O–H groups in total. The van der Waals surface area contributed by atoms with Crippen molar-refractivity contribution in [3.8, 4) is 0 Å². The van der Waals surface area contributed by atoms with Crippen molar-refractivity contribution in [2.75, 3.05) is 11.9 Å². The summed E-state index contributed by atoms with van der Waals surface area (Å²) in [7, 11) is 3.97. The molecule has 0 fully saturated rings. The summed E-state index contributed by atoms with van der Waals surface area (Å²) >= 11 is 0. The Labute approximate surface area is 110 Å². The lowest BCUT2D eigenvalue weighted by Gasteiger charge is -2.17. The van der Waals surface area contributed by atoms with Crippen LogP contribution in [-0.4, -0.2) is 31.6 Å². The largest absolute Gasteiger partial charge is 0.352 e. The fourth-order valence-electron chi connectivity index (χ4n) is 1.90. The number of aromatic nitrogens is 5. The standard InChI is InChI=1S/C13H14N6/c1-18-8-7-15-12(18)9-19(2)11-4-3-10-13(17-11)16-6-5-14-10/h3-8H,9H2,1-2H3. The van der Waals surface area contributed by atoms with E-state index in [4.69, 9.17) is 0 Å². The van der Waals surface area contributed by atoms with Crippen LogP contribution < -0.4 is 4.90 Å². The summed E-state index contributed by atoms with van der Waals surface area (Å²) in [6, 6.07) is 3.87. The highest BCUT2D eigenvalue weighted by Gasteiger charge is 2.08. The van der Waals surface area contributed by atoms with E-state index < -0.39 is 0 Å². The summed E-state index contributed by atoms with van der Waals surface area (Å²) in [5.74, 6) is 1.85. The molecule has 3 aromatic heterocycles. The smallest absolute Gasteiger partial charge is 0.180 e. The Morgan fingerprint density at radius 2 is 1.95 bits per heavy atom. The van der Waals surface area contributed by atoms with Gasteiger partial charge in [-0.05, 0) is 12.1 Å². The molecule has 0 amide bonds. The zero-order valence-electron chi connectivity index (χ0n) is 10.9. The maximum Gasteiger partial charge on any atom is 0.180 e. The van der Waals surface area contributed by atoms with Gasteiger partial charge in [-0.1, -0.05) is 0 Å². The molecule has 0 unspecified atom stereocenters. The summed E-state index contributed by atoms with van der Waals surface area (Å²) in [6.45, 7) is 0.697. The van der Waals surface area contributed by atoms with E-state index in [0.717, 1.165) is 17.2 Å². The highest BCUT2D eigenvalue weighted by atomic mass is 15.2. The lowest BCUT2D eigenvalue weighted by Crippen LogP contribution is -2.20. The molecular weight excluding hydrogens is 240 g/mol. The molecule has 0 aliphatic heterocycles. The number of anilines is 1. The van der Waals surface area contributed by atoms with Crippen LogP contribution in [0.3, 0.4) is 0 Å². The molecule has 0 saturated carbocycles. The molecule has 0 spiro atoms. The normalized spacial score (nSPS) is 10.8. The lowest BCUT2D eigenvalue weighted by atomic mass is 10.4. The number of imidazole rings is 1. The van der Waals surface area contributed by atoms with Crippen LogP contribution in [0.4, 0.5) is 5.82 Å². The van der Waals surface area contributed by atoms with Crippen molar-refractivity contribution in [2.24, 2.45) is 7.05 Å². The maximum atomic E-state index is 4.50. The van der Waals surface area contributed by atoms with E-state index in [9.17, 15) is 0 Å². The molecule has 3 aromatic rings. The molecule has 0 atom stereocenters. The van der Waals surface area contributed by atoms with E-state index in [2.05, 4.69) is 19.9 Å². The number of hydrogen-bond acceptors (Lipinski definition) is 5. The Morgan fingerprint density at radius 3 is 2.74 bits per heavy atom. The molecule has 3 rings (SSSR count). The van der Waals surface area contributed by atoms with Gasteiger partial charge in [-0.15, -0.1) is 0 Å². The topological polar surface area (TPSA) is 59.7 Å². The van der Waals surface area contributed by atoms with Crippen LogP contribution in [0.15, 0.2) is 36.9 Å². The van der Waals surface area contributed by atoms with Crippen molar-refractivity contribution >= 4 is 17.0 Å². The van der Waals surface area contributed by atoms with Gasteiger partial charge in [-0.3, -0.25) is 4.98 Å². The van der Waals surface area contributed by atoms with E-state index in [1.807, 2.05) is 41.9 Å². The Balaban J connectivity index is 1.89. The van der Waals surface area contributed by atoms with Crippen molar-refractivity contribution in [2.45, 2.75) is 6.54 Å². The van der Waals surface area contributed by atoms with E-state index in [1.165, 1.54) is 0 Å². The second-order valence-corrected chi connectivity index (χ2v) is 4.38. The van der Waals surface area contributed by atoms with Gasteiger partial charge in [-0.25, -0.2) is 15.0 Å². The molecule has 0 aromatic carbocycles. The van der Waals surface area contributed by atoms with Gasteiger partial charge in [0.1, 0.15) is 17.2 Å². The Morgan fingerprint density at radius 1 is 1.11 bits per heavy atom. The van der Waals surface area contributed by atoms with Gasteiger partial charge in [0.2, 0.25) is 0 Å². The number of hydrogen-bond donors (Lipinski definition) is 0. The third kappa shape index (κ3) is 2.24. The minimum Gasteiger partial charge on any atom is -0.352 e. The van der Waals surface area contributed by atoms with Crippen LogP contribution >= 0.6 is 0 Å². The molecule has 6 heteroatoms. The minimum atomic E-state index is 0.659. The predicted molar refractivity (Wildman–Crippen MR) is 72.6 cm³/mol.